The molecule has 0 spiro atoms. The summed E-state index contributed by atoms with van der Waals surface area (Å²) in [6.45, 7) is 2.31. The molecule has 0 radical (unpaired) electrons. The standard InChI is InChI=1S/C21H26F2NO8P/c1-12(2)17(19(27)29-3)24-33(28,32-20-21(22,23)18(26)16(11-25)30-20)31-15-10-6-8-13-7-4-5-9-14(13)15/h4-10,12,16-18,20,25-26H,11H2,1-3H3,(H,24,28)/t16-,17+,18-,20+,33?/m1/s1. The first kappa shape index (κ1) is 25.5. The third kappa shape index (κ3) is 5.34. The van der Waals surface area contributed by atoms with E-state index in [-0.39, 0.29) is 5.75 Å². The van der Waals surface area contributed by atoms with Crippen molar-refractivity contribution in [1.82, 2.24) is 5.09 Å². The van der Waals surface area contributed by atoms with Gasteiger partial charge in [0.05, 0.1) is 13.7 Å². The first-order valence-corrected chi connectivity index (χ1v) is 11.7. The molecule has 2 aromatic rings. The quantitative estimate of drug-likeness (QED) is 0.360. The van der Waals surface area contributed by atoms with Crippen molar-refractivity contribution in [3.05, 3.63) is 42.5 Å². The lowest BCUT2D eigenvalue weighted by atomic mass is 10.1. The number of aliphatic hydroxyl groups excluding tert-OH is 2. The number of fused-ring (bicyclic) bond motifs is 1. The summed E-state index contributed by atoms with van der Waals surface area (Å²) in [6, 6.07) is 10.5. The van der Waals surface area contributed by atoms with Crippen LogP contribution in [-0.2, 0) is 23.4 Å². The molecule has 3 rings (SSSR count). The van der Waals surface area contributed by atoms with Crippen LogP contribution < -0.4 is 9.61 Å². The van der Waals surface area contributed by atoms with Crippen LogP contribution in [0.4, 0.5) is 8.78 Å². The number of alkyl halides is 2. The van der Waals surface area contributed by atoms with Crippen molar-refractivity contribution in [2.45, 2.75) is 44.3 Å². The molecule has 0 aliphatic carbocycles. The molecule has 0 aromatic heterocycles. The Balaban J connectivity index is 2.00. The van der Waals surface area contributed by atoms with Crippen LogP contribution in [-0.4, -0.2) is 60.4 Å². The number of hydrogen-bond acceptors (Lipinski definition) is 8. The molecule has 1 aliphatic heterocycles. The second-order valence-corrected chi connectivity index (χ2v) is 9.50. The summed E-state index contributed by atoms with van der Waals surface area (Å²) in [5.74, 6) is -5.29. The van der Waals surface area contributed by atoms with Gasteiger partial charge in [0.2, 0.25) is 6.29 Å². The predicted octanol–water partition coefficient (Wildman–Crippen LogP) is 2.84. The number of hydrogen-bond donors (Lipinski definition) is 3. The number of nitrogens with one attached hydrogen (secondary N) is 1. The van der Waals surface area contributed by atoms with Crippen molar-refractivity contribution in [2.24, 2.45) is 5.92 Å². The molecule has 33 heavy (non-hydrogen) atoms. The third-order valence-electron chi connectivity index (χ3n) is 5.16. The molecule has 0 bridgehead atoms. The van der Waals surface area contributed by atoms with Gasteiger partial charge in [0.15, 0.2) is 6.10 Å². The van der Waals surface area contributed by atoms with Gasteiger partial charge in [-0.05, 0) is 17.4 Å². The predicted molar refractivity (Wildman–Crippen MR) is 114 cm³/mol. The van der Waals surface area contributed by atoms with Gasteiger partial charge in [-0.2, -0.15) is 13.9 Å². The van der Waals surface area contributed by atoms with E-state index in [1.807, 2.05) is 0 Å². The highest BCUT2D eigenvalue weighted by Crippen LogP contribution is 2.52. The fraction of sp³-hybridized carbons (Fsp3) is 0.476. The third-order valence-corrected chi connectivity index (χ3v) is 6.66. The lowest BCUT2D eigenvalue weighted by molar-refractivity contribution is -0.188. The van der Waals surface area contributed by atoms with E-state index in [1.165, 1.54) is 6.07 Å². The number of esters is 1. The highest BCUT2D eigenvalue weighted by molar-refractivity contribution is 7.52. The Bertz CT molecular complexity index is 1030. The second kappa shape index (κ2) is 10.0. The molecule has 0 amide bonds. The normalized spacial score (nSPS) is 25.0. The van der Waals surface area contributed by atoms with Crippen LogP contribution in [0.2, 0.25) is 0 Å². The van der Waals surface area contributed by atoms with Crippen molar-refractivity contribution in [3.63, 3.8) is 0 Å². The van der Waals surface area contributed by atoms with Gasteiger partial charge in [-0.1, -0.05) is 50.2 Å². The summed E-state index contributed by atoms with van der Waals surface area (Å²) in [5, 5.41) is 22.6. The number of aliphatic hydroxyl groups is 2. The Morgan fingerprint density at radius 2 is 1.91 bits per heavy atom. The molecule has 1 unspecified atom stereocenters. The molecule has 12 heteroatoms. The zero-order chi connectivity index (χ0) is 24.4. The van der Waals surface area contributed by atoms with Crippen LogP contribution in [0.5, 0.6) is 5.75 Å². The zero-order valence-corrected chi connectivity index (χ0v) is 19.1. The van der Waals surface area contributed by atoms with Gasteiger partial charge in [-0.15, -0.1) is 0 Å². The largest absolute Gasteiger partial charge is 0.468 e. The van der Waals surface area contributed by atoms with Crippen molar-refractivity contribution >= 4 is 24.5 Å². The summed E-state index contributed by atoms with van der Waals surface area (Å²) >= 11 is 0. The molecule has 1 aliphatic rings. The van der Waals surface area contributed by atoms with Crippen LogP contribution >= 0.6 is 7.75 Å². The molecule has 1 heterocycles. The smallest absolute Gasteiger partial charge is 0.462 e. The van der Waals surface area contributed by atoms with Gasteiger partial charge in [0.1, 0.15) is 17.9 Å². The van der Waals surface area contributed by atoms with Crippen LogP contribution in [0.3, 0.4) is 0 Å². The molecule has 1 saturated heterocycles. The molecular weight excluding hydrogens is 463 g/mol. The van der Waals surface area contributed by atoms with E-state index in [9.17, 15) is 28.4 Å². The number of carbonyl (C=O) groups is 1. The van der Waals surface area contributed by atoms with Gasteiger partial charge >= 0.3 is 19.6 Å². The van der Waals surface area contributed by atoms with E-state index in [0.29, 0.717) is 10.8 Å². The molecule has 9 nitrogen and oxygen atoms in total. The average Bonchev–Trinajstić information content (AvgIpc) is 3.00. The van der Waals surface area contributed by atoms with Crippen LogP contribution in [0.15, 0.2) is 42.5 Å². The van der Waals surface area contributed by atoms with Crippen LogP contribution in [0, 0.1) is 5.92 Å². The van der Waals surface area contributed by atoms with Crippen molar-refractivity contribution in [3.8, 4) is 5.75 Å². The number of ether oxygens (including phenoxy) is 2. The van der Waals surface area contributed by atoms with Gasteiger partial charge in [-0.25, -0.2) is 4.57 Å². The molecule has 2 aromatic carbocycles. The van der Waals surface area contributed by atoms with E-state index in [2.05, 4.69) is 5.09 Å². The average molecular weight is 489 g/mol. The highest BCUT2D eigenvalue weighted by atomic mass is 31.2. The summed E-state index contributed by atoms with van der Waals surface area (Å²) in [7, 11) is -3.65. The SMILES string of the molecule is COC(=O)[C@@H](NP(=O)(Oc1cccc2ccccc12)O[C@@H]1O[C@H](CO)[C@@H](O)C1(F)F)C(C)C. The topological polar surface area (TPSA) is 124 Å². The Hall–Kier alpha value is -2.14. The monoisotopic (exact) mass is 489 g/mol. The van der Waals surface area contributed by atoms with Crippen molar-refractivity contribution < 1.29 is 46.9 Å². The van der Waals surface area contributed by atoms with Crippen LogP contribution in [0.25, 0.3) is 10.8 Å². The minimum atomic E-state index is -4.76. The molecule has 5 atom stereocenters. The van der Waals surface area contributed by atoms with E-state index in [4.69, 9.17) is 18.5 Å². The minimum absolute atomic E-state index is 0.0388. The molecule has 1 fully saturated rings. The lowest BCUT2D eigenvalue weighted by Gasteiger charge is -2.29. The van der Waals surface area contributed by atoms with E-state index >= 15 is 0 Å². The Labute approximate surface area is 189 Å². The summed E-state index contributed by atoms with van der Waals surface area (Å²) in [4.78, 5) is 12.2. The summed E-state index contributed by atoms with van der Waals surface area (Å²) in [5.41, 5.74) is 0. The first-order valence-electron chi connectivity index (χ1n) is 10.2. The number of benzene rings is 2. The van der Waals surface area contributed by atoms with Gasteiger partial charge in [0, 0.05) is 5.39 Å². The summed E-state index contributed by atoms with van der Waals surface area (Å²) < 4.78 is 63.3. The molecule has 182 valence electrons. The van der Waals surface area contributed by atoms with E-state index < -0.39 is 56.7 Å². The number of methoxy groups -OCH3 is 1. The minimum Gasteiger partial charge on any atom is -0.468 e. The maximum atomic E-state index is 14.6. The van der Waals surface area contributed by atoms with E-state index in [1.54, 1.807) is 50.2 Å². The number of halogens is 2. The molecule has 0 saturated carbocycles. The lowest BCUT2D eigenvalue weighted by Crippen LogP contribution is -2.44. The fourth-order valence-corrected chi connectivity index (χ4v) is 5.09. The Morgan fingerprint density at radius 1 is 1.24 bits per heavy atom. The Morgan fingerprint density at radius 3 is 2.52 bits per heavy atom. The van der Waals surface area contributed by atoms with Gasteiger partial charge in [0.25, 0.3) is 0 Å². The zero-order valence-electron chi connectivity index (χ0n) is 18.2. The van der Waals surface area contributed by atoms with Crippen molar-refractivity contribution in [1.29, 1.82) is 0 Å². The first-order chi connectivity index (χ1) is 15.5. The van der Waals surface area contributed by atoms with E-state index in [0.717, 1.165) is 7.11 Å². The van der Waals surface area contributed by atoms with Crippen LogP contribution in [0.1, 0.15) is 13.8 Å². The fourth-order valence-electron chi connectivity index (χ4n) is 3.33. The Kier molecular flexibility index (Phi) is 7.73. The molecular formula is C21H26F2NO8P. The second-order valence-electron chi connectivity index (χ2n) is 7.85. The highest BCUT2D eigenvalue weighted by Gasteiger charge is 2.61. The summed E-state index contributed by atoms with van der Waals surface area (Å²) in [6.07, 6.45) is -6.60. The number of carbonyl (C=O) groups excluding carboxylic acids is 1. The molecule has 3 N–H and O–H groups in total. The maximum Gasteiger partial charge on any atom is 0.462 e. The van der Waals surface area contributed by atoms with Crippen molar-refractivity contribution in [2.75, 3.05) is 13.7 Å². The van der Waals surface area contributed by atoms with Gasteiger partial charge in [-0.3, -0.25) is 9.32 Å². The van der Waals surface area contributed by atoms with Gasteiger partial charge < -0.3 is 24.2 Å². The maximum absolute atomic E-state index is 14.6. The number of rotatable bonds is 9.